The molecule has 6 heteroatoms. The molecule has 1 heterocycles. The van der Waals surface area contributed by atoms with Crippen LogP contribution in [0.5, 0.6) is 0 Å². The number of carbonyl (C=O) groups excluding carboxylic acids is 1. The summed E-state index contributed by atoms with van der Waals surface area (Å²) in [6, 6.07) is 8.80. The number of quaternary nitrogens is 1. The minimum Gasteiger partial charge on any atom is -0.481 e. The number of carbonyl (C=O) groups is 2. The Hall–Kier alpha value is -1.92. The number of carboxylic acid groups (broad SMARTS) is 1. The fourth-order valence-corrected chi connectivity index (χ4v) is 2.07. The first-order valence-electron chi connectivity index (χ1n) is 5.60. The highest BCUT2D eigenvalue weighted by molar-refractivity contribution is 5.81. The van der Waals surface area contributed by atoms with Crippen molar-refractivity contribution in [3.05, 3.63) is 35.9 Å². The third-order valence-electron chi connectivity index (χ3n) is 3.04. The van der Waals surface area contributed by atoms with Crippen molar-refractivity contribution in [3.8, 4) is 0 Å². The van der Waals surface area contributed by atoms with Gasteiger partial charge in [-0.3, -0.25) is 4.79 Å². The number of aliphatic carboxylic acids is 1. The van der Waals surface area contributed by atoms with Crippen molar-refractivity contribution < 1.29 is 24.1 Å². The Bertz CT molecular complexity index is 462. The third-order valence-corrected chi connectivity index (χ3v) is 3.04. The van der Waals surface area contributed by atoms with E-state index >= 15 is 0 Å². The highest BCUT2D eigenvalue weighted by Crippen LogP contribution is 2.22. The van der Waals surface area contributed by atoms with Gasteiger partial charge in [0.15, 0.2) is 0 Å². The molecule has 96 valence electrons. The van der Waals surface area contributed by atoms with Crippen LogP contribution >= 0.6 is 0 Å². The highest BCUT2D eigenvalue weighted by atomic mass is 16.7. The maximum absolute atomic E-state index is 11.6. The number of rotatable bonds is 4. The van der Waals surface area contributed by atoms with Crippen LogP contribution in [-0.4, -0.2) is 34.7 Å². The first-order chi connectivity index (χ1) is 8.51. The van der Waals surface area contributed by atoms with Gasteiger partial charge in [0.25, 0.3) is 0 Å². The largest absolute Gasteiger partial charge is 0.481 e. The first kappa shape index (κ1) is 12.5. The topological polar surface area (TPSA) is 75.6 Å². The van der Waals surface area contributed by atoms with Gasteiger partial charge < -0.3 is 9.94 Å². The number of likely N-dealkylation sites (N-methyl/N-ethyl adjacent to an activating group) is 1. The number of nitrogens with one attached hydrogen (secondary N) is 1. The summed E-state index contributed by atoms with van der Waals surface area (Å²) in [5.74, 6) is -1.55. The van der Waals surface area contributed by atoms with Gasteiger partial charge in [0.2, 0.25) is 6.04 Å². The Labute approximate surface area is 104 Å². The lowest BCUT2D eigenvalue weighted by Gasteiger charge is -2.29. The van der Waals surface area contributed by atoms with E-state index < -0.39 is 18.0 Å². The zero-order valence-corrected chi connectivity index (χ0v) is 10.00. The summed E-state index contributed by atoms with van der Waals surface area (Å²) < 4.78 is 0.0369. The smallest absolute Gasteiger partial charge is 0.390 e. The predicted molar refractivity (Wildman–Crippen MR) is 61.6 cm³/mol. The van der Waals surface area contributed by atoms with Gasteiger partial charge in [-0.1, -0.05) is 30.3 Å². The molecule has 2 unspecified atom stereocenters. The van der Waals surface area contributed by atoms with Crippen LogP contribution in [0.15, 0.2) is 30.3 Å². The molecule has 1 fully saturated rings. The van der Waals surface area contributed by atoms with Crippen molar-refractivity contribution >= 4 is 11.9 Å². The van der Waals surface area contributed by atoms with E-state index in [4.69, 9.17) is 9.94 Å². The molecule has 2 N–H and O–H groups in total. The molecule has 0 spiro atoms. The zero-order chi connectivity index (χ0) is 13.2. The standard InChI is InChI=1S/C12H14N2O4/c1-14(8-9-5-3-2-4-6-9)10(7-11(15)16)12(17)18-13-14/h2-6,10,13H,7-8H2,1H3/p+1. The van der Waals surface area contributed by atoms with Crippen molar-refractivity contribution in [1.29, 1.82) is 0 Å². The fraction of sp³-hybridized carbons (Fsp3) is 0.333. The minimum atomic E-state index is -1.02. The average Bonchev–Trinajstić information content (AvgIpc) is 2.58. The molecule has 1 aliphatic heterocycles. The van der Waals surface area contributed by atoms with Gasteiger partial charge in [-0.05, 0) is 0 Å². The summed E-state index contributed by atoms with van der Waals surface area (Å²) >= 11 is 0. The van der Waals surface area contributed by atoms with Crippen molar-refractivity contribution in [1.82, 2.24) is 5.59 Å². The molecule has 1 saturated heterocycles. The molecular formula is C12H15N2O4+. The van der Waals surface area contributed by atoms with Crippen LogP contribution in [0.2, 0.25) is 0 Å². The van der Waals surface area contributed by atoms with E-state index in [0.717, 1.165) is 5.56 Å². The maximum Gasteiger partial charge on any atom is 0.390 e. The summed E-state index contributed by atoms with van der Waals surface area (Å²) in [6.45, 7) is 0.477. The summed E-state index contributed by atoms with van der Waals surface area (Å²) in [4.78, 5) is 27.1. The molecule has 0 bridgehead atoms. The average molecular weight is 251 g/mol. The van der Waals surface area contributed by atoms with Crippen molar-refractivity contribution in [2.75, 3.05) is 7.05 Å². The van der Waals surface area contributed by atoms with E-state index in [1.807, 2.05) is 30.3 Å². The second-order valence-electron chi connectivity index (χ2n) is 4.54. The van der Waals surface area contributed by atoms with Gasteiger partial charge in [-0.15, -0.1) is 0 Å². The van der Waals surface area contributed by atoms with Crippen molar-refractivity contribution in [3.63, 3.8) is 0 Å². The lowest BCUT2D eigenvalue weighted by molar-refractivity contribution is -0.985. The molecule has 0 saturated carbocycles. The number of hydrogen-bond donors (Lipinski definition) is 2. The monoisotopic (exact) mass is 251 g/mol. The molecule has 6 nitrogen and oxygen atoms in total. The quantitative estimate of drug-likeness (QED) is 0.760. The molecule has 1 aromatic rings. The Balaban J connectivity index is 2.18. The summed E-state index contributed by atoms with van der Waals surface area (Å²) in [6.07, 6.45) is -0.255. The summed E-state index contributed by atoms with van der Waals surface area (Å²) in [5, 5.41) is 8.84. The second kappa shape index (κ2) is 4.75. The molecule has 1 aromatic carbocycles. The first-order valence-corrected chi connectivity index (χ1v) is 5.60. The lowest BCUT2D eigenvalue weighted by atomic mass is 10.1. The molecule has 0 aliphatic carbocycles. The molecule has 2 rings (SSSR count). The molecule has 2 atom stereocenters. The Morgan fingerprint density at radius 1 is 1.44 bits per heavy atom. The van der Waals surface area contributed by atoms with Gasteiger partial charge in [0.1, 0.15) is 13.0 Å². The molecular weight excluding hydrogens is 236 g/mol. The Kier molecular flexibility index (Phi) is 3.31. The molecule has 0 aromatic heterocycles. The third kappa shape index (κ3) is 2.49. The predicted octanol–water partition coefficient (Wildman–Crippen LogP) is 0.453. The van der Waals surface area contributed by atoms with Crippen LogP contribution in [-0.2, 0) is 21.0 Å². The second-order valence-corrected chi connectivity index (χ2v) is 4.54. The van der Waals surface area contributed by atoms with Crippen LogP contribution in [0, 0.1) is 0 Å². The van der Waals surface area contributed by atoms with Crippen LogP contribution < -0.4 is 5.59 Å². The maximum atomic E-state index is 11.6. The zero-order valence-electron chi connectivity index (χ0n) is 10.00. The van der Waals surface area contributed by atoms with E-state index in [2.05, 4.69) is 5.59 Å². The SMILES string of the molecule is C[N+]1(Cc2ccccc2)NOC(=O)C1CC(=O)O. The Morgan fingerprint density at radius 3 is 2.72 bits per heavy atom. The van der Waals surface area contributed by atoms with Crippen LogP contribution in [0.1, 0.15) is 12.0 Å². The lowest BCUT2D eigenvalue weighted by Crippen LogP contribution is -2.55. The van der Waals surface area contributed by atoms with Crippen molar-refractivity contribution in [2.45, 2.75) is 19.0 Å². The van der Waals surface area contributed by atoms with Crippen LogP contribution in [0.4, 0.5) is 0 Å². The van der Waals surface area contributed by atoms with Gasteiger partial charge in [-0.2, -0.15) is 4.59 Å². The normalized spacial score (nSPS) is 26.9. The number of carboxylic acids is 1. The number of benzene rings is 1. The van der Waals surface area contributed by atoms with Crippen LogP contribution in [0.25, 0.3) is 0 Å². The van der Waals surface area contributed by atoms with Gasteiger partial charge >= 0.3 is 11.9 Å². The summed E-state index contributed by atoms with van der Waals surface area (Å²) in [5.41, 5.74) is 3.61. The molecule has 0 amide bonds. The van der Waals surface area contributed by atoms with Crippen molar-refractivity contribution in [2.24, 2.45) is 0 Å². The molecule has 0 radical (unpaired) electrons. The summed E-state index contributed by atoms with van der Waals surface area (Å²) in [7, 11) is 1.74. The fourth-order valence-electron chi connectivity index (χ4n) is 2.07. The van der Waals surface area contributed by atoms with Gasteiger partial charge in [-0.25, -0.2) is 4.79 Å². The Morgan fingerprint density at radius 2 is 2.11 bits per heavy atom. The minimum absolute atomic E-state index is 0.0369. The van der Waals surface area contributed by atoms with E-state index in [-0.39, 0.29) is 11.0 Å². The molecule has 18 heavy (non-hydrogen) atoms. The molecule has 1 aliphatic rings. The van der Waals surface area contributed by atoms with E-state index in [1.54, 1.807) is 7.05 Å². The van der Waals surface area contributed by atoms with E-state index in [1.165, 1.54) is 0 Å². The van der Waals surface area contributed by atoms with E-state index in [9.17, 15) is 9.59 Å². The van der Waals surface area contributed by atoms with Gasteiger partial charge in [0, 0.05) is 11.2 Å². The number of nitrogens with zero attached hydrogens (tertiary/aromatic N) is 1. The van der Waals surface area contributed by atoms with E-state index in [0.29, 0.717) is 6.54 Å². The number of hydrogen-bond acceptors (Lipinski definition) is 4. The van der Waals surface area contributed by atoms with Gasteiger partial charge in [0.05, 0.1) is 7.05 Å². The van der Waals surface area contributed by atoms with Crippen LogP contribution in [0.3, 0.4) is 0 Å². The highest BCUT2D eigenvalue weighted by Gasteiger charge is 2.49.